The first-order valence-corrected chi connectivity index (χ1v) is 5.94. The molecule has 1 aliphatic heterocycles. The molecule has 1 aromatic rings. The molecular formula is C13H8F6N2. The summed E-state index contributed by atoms with van der Waals surface area (Å²) in [6.07, 6.45) is -0.0199. The van der Waals surface area contributed by atoms with Gasteiger partial charge < -0.3 is 0 Å². The Hall–Kier alpha value is -1.99. The first-order chi connectivity index (χ1) is 9.78. The minimum atomic E-state index is -5.01. The van der Waals surface area contributed by atoms with E-state index in [0.29, 0.717) is 12.2 Å². The molecule has 8 heteroatoms. The van der Waals surface area contributed by atoms with Crippen LogP contribution in [-0.2, 0) is 5.79 Å². The summed E-state index contributed by atoms with van der Waals surface area (Å²) in [4.78, 5) is 3.32. The van der Waals surface area contributed by atoms with E-state index in [2.05, 4.69) is 4.98 Å². The fourth-order valence-electron chi connectivity index (χ4n) is 2.53. The molecule has 0 radical (unpaired) electrons. The van der Waals surface area contributed by atoms with Crippen molar-refractivity contribution in [3.05, 3.63) is 54.0 Å². The van der Waals surface area contributed by atoms with Crippen LogP contribution in [0.15, 0.2) is 48.3 Å². The highest BCUT2D eigenvalue weighted by Crippen LogP contribution is 2.63. The zero-order chi connectivity index (χ0) is 15.5. The third-order valence-corrected chi connectivity index (χ3v) is 3.65. The lowest BCUT2D eigenvalue weighted by molar-refractivity contribution is -0.255. The molecule has 0 spiro atoms. The van der Waals surface area contributed by atoms with Crippen LogP contribution in [0.5, 0.6) is 0 Å². The zero-order valence-electron chi connectivity index (χ0n) is 10.3. The van der Waals surface area contributed by atoms with Gasteiger partial charge in [0, 0.05) is 6.20 Å². The number of hydrogen-bond acceptors (Lipinski definition) is 2. The molecule has 0 bridgehead atoms. The van der Waals surface area contributed by atoms with Crippen LogP contribution in [0.25, 0.3) is 0 Å². The van der Waals surface area contributed by atoms with E-state index < -0.39 is 40.1 Å². The van der Waals surface area contributed by atoms with Gasteiger partial charge in [-0.15, -0.1) is 0 Å². The number of halogens is 6. The minimum Gasteiger partial charge on any atom is -0.256 e. The van der Waals surface area contributed by atoms with Crippen LogP contribution < -0.4 is 0 Å². The third kappa shape index (κ3) is 1.37. The van der Waals surface area contributed by atoms with E-state index in [9.17, 15) is 26.4 Å². The van der Waals surface area contributed by atoms with Crippen molar-refractivity contribution in [1.29, 1.82) is 0 Å². The summed E-state index contributed by atoms with van der Waals surface area (Å²) >= 11 is 0. The highest BCUT2D eigenvalue weighted by atomic mass is 19.3. The number of allylic oxidation sites excluding steroid dienone is 4. The molecule has 2 heterocycles. The maximum atomic E-state index is 14.8. The number of nitrogens with zero attached hydrogens (tertiary/aromatic N) is 2. The summed E-state index contributed by atoms with van der Waals surface area (Å²) in [6.45, 7) is 0. The molecule has 2 nitrogen and oxygen atoms in total. The highest BCUT2D eigenvalue weighted by Gasteiger charge is 2.84. The van der Waals surface area contributed by atoms with E-state index in [1.165, 1.54) is 6.07 Å². The van der Waals surface area contributed by atoms with Crippen molar-refractivity contribution in [2.45, 2.75) is 23.6 Å². The van der Waals surface area contributed by atoms with Crippen LogP contribution in [0, 0.1) is 0 Å². The number of hydrogen-bond donors (Lipinski definition) is 0. The lowest BCUT2D eigenvalue weighted by atomic mass is 9.85. The molecule has 1 fully saturated rings. The Morgan fingerprint density at radius 1 is 1.14 bits per heavy atom. The smallest absolute Gasteiger partial charge is 0.256 e. The van der Waals surface area contributed by atoms with Crippen molar-refractivity contribution in [3.8, 4) is 0 Å². The Balaban J connectivity index is 2.26. The number of pyridine rings is 1. The van der Waals surface area contributed by atoms with E-state index in [1.54, 1.807) is 0 Å². The second-order valence-corrected chi connectivity index (χ2v) is 4.74. The van der Waals surface area contributed by atoms with Crippen LogP contribution in [0.2, 0.25) is 0 Å². The first kappa shape index (κ1) is 14.0. The predicted octanol–water partition coefficient (Wildman–Crippen LogP) is 3.54. The summed E-state index contributed by atoms with van der Waals surface area (Å²) in [5.41, 5.74) is -6.59. The predicted molar refractivity (Wildman–Crippen MR) is 60.9 cm³/mol. The summed E-state index contributed by atoms with van der Waals surface area (Å²) in [5.74, 6) is -9.25. The lowest BCUT2D eigenvalue weighted by Gasteiger charge is -2.32. The highest BCUT2D eigenvalue weighted by molar-refractivity contribution is 5.43. The van der Waals surface area contributed by atoms with Crippen LogP contribution in [0.4, 0.5) is 26.4 Å². The Morgan fingerprint density at radius 3 is 2.43 bits per heavy atom. The molecule has 0 saturated carbocycles. The number of alkyl halides is 5. The average Bonchev–Trinajstić information content (AvgIpc) is 2.60. The van der Waals surface area contributed by atoms with Gasteiger partial charge in [-0.3, -0.25) is 4.98 Å². The normalized spacial score (nSPS) is 37.3. The van der Waals surface area contributed by atoms with Gasteiger partial charge in [-0.1, -0.05) is 16.6 Å². The molecule has 2 aliphatic rings. The van der Waals surface area contributed by atoms with E-state index in [1.807, 2.05) is 0 Å². The summed E-state index contributed by atoms with van der Waals surface area (Å²) < 4.78 is 85.8. The maximum absolute atomic E-state index is 14.8. The largest absolute Gasteiger partial charge is 0.350 e. The zero-order valence-corrected chi connectivity index (χ0v) is 10.3. The van der Waals surface area contributed by atoms with E-state index in [0.717, 1.165) is 24.4 Å². The van der Waals surface area contributed by atoms with Crippen LogP contribution in [0.3, 0.4) is 0 Å². The van der Waals surface area contributed by atoms with E-state index >= 15 is 0 Å². The van der Waals surface area contributed by atoms with Gasteiger partial charge in [0.25, 0.3) is 5.67 Å². The fourth-order valence-corrected chi connectivity index (χ4v) is 2.53. The van der Waals surface area contributed by atoms with Crippen molar-refractivity contribution in [2.24, 2.45) is 0 Å². The molecule has 1 saturated heterocycles. The lowest BCUT2D eigenvalue weighted by Crippen LogP contribution is -2.56. The molecule has 3 rings (SSSR count). The Kier molecular flexibility index (Phi) is 2.67. The minimum absolute atomic E-state index is 0.482. The summed E-state index contributed by atoms with van der Waals surface area (Å²) in [6, 6.07) is 3.21. The Labute approximate surface area is 115 Å². The van der Waals surface area contributed by atoms with E-state index in [-0.39, 0.29) is 0 Å². The summed E-state index contributed by atoms with van der Waals surface area (Å²) in [5, 5.41) is -1.08. The van der Waals surface area contributed by atoms with Gasteiger partial charge in [0.05, 0.1) is 5.70 Å². The molecule has 112 valence electrons. The standard InChI is InChI=1S/C13H8F6N2/c14-8-4-3-6-10-11(8,15)13(17,18)12(16,21(10)19)9-5-1-2-7-20-9/h1-8H. The Bertz CT molecular complexity index is 631. The van der Waals surface area contributed by atoms with Gasteiger partial charge in [0.15, 0.2) is 6.17 Å². The van der Waals surface area contributed by atoms with Gasteiger partial charge in [-0.25, -0.2) is 13.2 Å². The van der Waals surface area contributed by atoms with Gasteiger partial charge in [-0.05, 0) is 24.3 Å². The molecule has 1 aromatic heterocycles. The van der Waals surface area contributed by atoms with Gasteiger partial charge >= 0.3 is 11.7 Å². The SMILES string of the molecule is FC1C=CC=C2N(F)C(F)(c3ccccn3)C(F)(F)C21F. The van der Waals surface area contributed by atoms with Crippen LogP contribution in [0.1, 0.15) is 5.69 Å². The van der Waals surface area contributed by atoms with Crippen molar-refractivity contribution in [2.75, 3.05) is 0 Å². The fraction of sp³-hybridized carbons (Fsp3) is 0.308. The topological polar surface area (TPSA) is 16.1 Å². The second kappa shape index (κ2) is 4.02. The number of aromatic nitrogens is 1. The second-order valence-electron chi connectivity index (χ2n) is 4.74. The molecule has 21 heavy (non-hydrogen) atoms. The average molecular weight is 306 g/mol. The molecular weight excluding hydrogens is 298 g/mol. The third-order valence-electron chi connectivity index (χ3n) is 3.65. The number of fused-ring (bicyclic) bond motifs is 1. The molecule has 1 aliphatic carbocycles. The molecule has 0 amide bonds. The summed E-state index contributed by atoms with van der Waals surface area (Å²) in [7, 11) is 0. The maximum Gasteiger partial charge on any atom is 0.350 e. The Morgan fingerprint density at radius 2 is 1.86 bits per heavy atom. The van der Waals surface area contributed by atoms with Crippen LogP contribution >= 0.6 is 0 Å². The van der Waals surface area contributed by atoms with Crippen LogP contribution in [-0.4, -0.2) is 27.9 Å². The van der Waals surface area contributed by atoms with Crippen molar-refractivity contribution >= 4 is 0 Å². The quantitative estimate of drug-likeness (QED) is 0.448. The number of rotatable bonds is 1. The van der Waals surface area contributed by atoms with Crippen molar-refractivity contribution in [1.82, 2.24) is 10.1 Å². The van der Waals surface area contributed by atoms with Crippen molar-refractivity contribution < 1.29 is 26.4 Å². The van der Waals surface area contributed by atoms with Gasteiger partial charge in [-0.2, -0.15) is 13.9 Å². The monoisotopic (exact) mass is 306 g/mol. The molecule has 0 N–H and O–H groups in total. The molecule has 3 unspecified atom stereocenters. The first-order valence-electron chi connectivity index (χ1n) is 5.94. The van der Waals surface area contributed by atoms with Gasteiger partial charge in [0.1, 0.15) is 5.69 Å². The molecule has 0 aromatic carbocycles. The van der Waals surface area contributed by atoms with Gasteiger partial charge in [0.2, 0.25) is 0 Å². The van der Waals surface area contributed by atoms with E-state index in [4.69, 9.17) is 0 Å². The molecule has 3 atom stereocenters. The van der Waals surface area contributed by atoms with Crippen molar-refractivity contribution in [3.63, 3.8) is 0 Å².